The van der Waals surface area contributed by atoms with E-state index in [1.807, 2.05) is 0 Å². The van der Waals surface area contributed by atoms with Crippen LogP contribution >= 0.6 is 0 Å². The molecule has 0 aliphatic carbocycles. The minimum absolute atomic E-state index is 0.303. The highest BCUT2D eigenvalue weighted by Crippen LogP contribution is 2.24. The van der Waals surface area contributed by atoms with Crippen LogP contribution in [0.15, 0.2) is 6.33 Å². The van der Waals surface area contributed by atoms with Crippen molar-refractivity contribution in [2.75, 3.05) is 23.7 Å². The molecule has 0 radical (unpaired) electrons. The first kappa shape index (κ1) is 9.38. The normalized spacial score (nSPS) is 16.9. The molecule has 2 aromatic heterocycles. The SMILES string of the molecule is Nc1nc(N2CCCCC2)c2nc[nH]c2n1. The van der Waals surface area contributed by atoms with Crippen LogP contribution in [0.3, 0.4) is 0 Å². The van der Waals surface area contributed by atoms with Crippen LogP contribution in [0, 0.1) is 0 Å². The molecule has 3 heterocycles. The number of fused-ring (bicyclic) bond motifs is 1. The Kier molecular flexibility index (Phi) is 2.12. The molecule has 0 amide bonds. The zero-order valence-corrected chi connectivity index (χ0v) is 8.98. The van der Waals surface area contributed by atoms with Crippen molar-refractivity contribution in [2.45, 2.75) is 19.3 Å². The van der Waals surface area contributed by atoms with Gasteiger partial charge in [0.05, 0.1) is 6.33 Å². The Morgan fingerprint density at radius 3 is 2.81 bits per heavy atom. The number of anilines is 2. The number of aromatic amines is 1. The molecule has 16 heavy (non-hydrogen) atoms. The average molecular weight is 218 g/mol. The van der Waals surface area contributed by atoms with Gasteiger partial charge in [-0.2, -0.15) is 9.97 Å². The van der Waals surface area contributed by atoms with Crippen molar-refractivity contribution in [1.82, 2.24) is 19.9 Å². The predicted octanol–water partition coefficient (Wildman–Crippen LogP) is 0.925. The average Bonchev–Trinajstić information content (AvgIpc) is 2.77. The van der Waals surface area contributed by atoms with Crippen molar-refractivity contribution in [3.8, 4) is 0 Å². The topological polar surface area (TPSA) is 83.7 Å². The molecule has 0 saturated carbocycles. The maximum atomic E-state index is 5.69. The number of hydrogen-bond acceptors (Lipinski definition) is 5. The van der Waals surface area contributed by atoms with Crippen LogP contribution in [0.2, 0.25) is 0 Å². The van der Waals surface area contributed by atoms with Gasteiger partial charge in [0, 0.05) is 13.1 Å². The van der Waals surface area contributed by atoms with Gasteiger partial charge in [0.1, 0.15) is 0 Å². The van der Waals surface area contributed by atoms with Gasteiger partial charge >= 0.3 is 0 Å². The van der Waals surface area contributed by atoms with E-state index in [0.717, 1.165) is 24.4 Å². The highest BCUT2D eigenvalue weighted by atomic mass is 15.2. The molecular weight excluding hydrogens is 204 g/mol. The lowest BCUT2D eigenvalue weighted by molar-refractivity contribution is 0.574. The quantitative estimate of drug-likeness (QED) is 0.743. The van der Waals surface area contributed by atoms with Crippen LogP contribution in [0.1, 0.15) is 19.3 Å². The summed E-state index contributed by atoms with van der Waals surface area (Å²) >= 11 is 0. The smallest absolute Gasteiger partial charge is 0.224 e. The number of piperidine rings is 1. The first-order valence-corrected chi connectivity index (χ1v) is 5.56. The van der Waals surface area contributed by atoms with Gasteiger partial charge in [-0.1, -0.05) is 0 Å². The molecule has 0 unspecified atom stereocenters. The van der Waals surface area contributed by atoms with Crippen molar-refractivity contribution in [3.63, 3.8) is 0 Å². The van der Waals surface area contributed by atoms with Crippen LogP contribution in [0.25, 0.3) is 11.2 Å². The summed E-state index contributed by atoms with van der Waals surface area (Å²) in [7, 11) is 0. The molecule has 0 atom stereocenters. The number of nitrogens with two attached hydrogens (primary N) is 1. The largest absolute Gasteiger partial charge is 0.368 e. The number of nitrogen functional groups attached to an aromatic ring is 1. The van der Waals surface area contributed by atoms with E-state index in [1.54, 1.807) is 6.33 Å². The summed E-state index contributed by atoms with van der Waals surface area (Å²) in [4.78, 5) is 17.9. The summed E-state index contributed by atoms with van der Waals surface area (Å²) < 4.78 is 0. The summed E-state index contributed by atoms with van der Waals surface area (Å²) in [5, 5.41) is 0. The number of imidazole rings is 1. The van der Waals surface area contributed by atoms with Crippen LogP contribution in [0.5, 0.6) is 0 Å². The van der Waals surface area contributed by atoms with Gasteiger partial charge in [0.25, 0.3) is 0 Å². The third-order valence-electron chi connectivity index (χ3n) is 2.93. The van der Waals surface area contributed by atoms with Gasteiger partial charge in [-0.15, -0.1) is 0 Å². The Morgan fingerprint density at radius 1 is 1.19 bits per heavy atom. The molecule has 6 heteroatoms. The molecule has 1 aliphatic heterocycles. The van der Waals surface area contributed by atoms with E-state index in [1.165, 1.54) is 19.3 Å². The highest BCUT2D eigenvalue weighted by molar-refractivity contribution is 5.84. The monoisotopic (exact) mass is 218 g/mol. The summed E-state index contributed by atoms with van der Waals surface area (Å²) in [5.41, 5.74) is 7.23. The standard InChI is InChI=1S/C10H14N6/c11-10-14-8-7(12-6-13-8)9(15-10)16-4-2-1-3-5-16/h6H,1-5H2,(H3,11,12,13,14,15). The lowest BCUT2D eigenvalue weighted by atomic mass is 10.1. The lowest BCUT2D eigenvalue weighted by Crippen LogP contribution is -2.30. The molecule has 84 valence electrons. The molecule has 0 spiro atoms. The number of rotatable bonds is 1. The van der Waals surface area contributed by atoms with E-state index in [4.69, 9.17) is 5.73 Å². The van der Waals surface area contributed by atoms with Gasteiger partial charge < -0.3 is 15.6 Å². The predicted molar refractivity (Wildman–Crippen MR) is 62.2 cm³/mol. The second-order valence-electron chi connectivity index (χ2n) is 4.05. The summed E-state index contributed by atoms with van der Waals surface area (Å²) in [6.45, 7) is 2.05. The van der Waals surface area contributed by atoms with Crippen molar-refractivity contribution in [3.05, 3.63) is 6.33 Å². The molecule has 2 aromatic rings. The fourth-order valence-corrected chi connectivity index (χ4v) is 2.16. The summed E-state index contributed by atoms with van der Waals surface area (Å²) in [6, 6.07) is 0. The molecule has 3 rings (SSSR count). The Morgan fingerprint density at radius 2 is 2.00 bits per heavy atom. The molecule has 3 N–H and O–H groups in total. The zero-order chi connectivity index (χ0) is 11.0. The molecule has 0 bridgehead atoms. The number of nitrogens with zero attached hydrogens (tertiary/aromatic N) is 4. The van der Waals surface area contributed by atoms with Crippen LogP contribution in [0.4, 0.5) is 11.8 Å². The Bertz CT molecular complexity index is 499. The van der Waals surface area contributed by atoms with Crippen LogP contribution < -0.4 is 10.6 Å². The maximum absolute atomic E-state index is 5.69. The lowest BCUT2D eigenvalue weighted by Gasteiger charge is -2.27. The van der Waals surface area contributed by atoms with E-state index < -0.39 is 0 Å². The van der Waals surface area contributed by atoms with Gasteiger partial charge in [-0.25, -0.2) is 4.98 Å². The Hall–Kier alpha value is -1.85. The third kappa shape index (κ3) is 1.46. The molecule has 6 nitrogen and oxygen atoms in total. The van der Waals surface area contributed by atoms with E-state index in [2.05, 4.69) is 24.8 Å². The van der Waals surface area contributed by atoms with Crippen LogP contribution in [-0.4, -0.2) is 33.0 Å². The van der Waals surface area contributed by atoms with Crippen molar-refractivity contribution in [1.29, 1.82) is 0 Å². The maximum Gasteiger partial charge on any atom is 0.224 e. The van der Waals surface area contributed by atoms with E-state index >= 15 is 0 Å². The number of hydrogen-bond donors (Lipinski definition) is 2. The first-order valence-electron chi connectivity index (χ1n) is 5.56. The van der Waals surface area contributed by atoms with Gasteiger partial charge in [0.15, 0.2) is 17.0 Å². The number of aromatic nitrogens is 4. The van der Waals surface area contributed by atoms with Crippen LogP contribution in [-0.2, 0) is 0 Å². The number of nitrogens with one attached hydrogen (secondary N) is 1. The molecule has 1 fully saturated rings. The summed E-state index contributed by atoms with van der Waals surface area (Å²) in [5.74, 6) is 1.17. The highest BCUT2D eigenvalue weighted by Gasteiger charge is 2.17. The Labute approximate surface area is 92.9 Å². The van der Waals surface area contributed by atoms with Gasteiger partial charge in [-0.05, 0) is 19.3 Å². The molecule has 1 saturated heterocycles. The third-order valence-corrected chi connectivity index (χ3v) is 2.93. The minimum atomic E-state index is 0.303. The molecule has 0 aromatic carbocycles. The van der Waals surface area contributed by atoms with E-state index in [0.29, 0.717) is 11.6 Å². The van der Waals surface area contributed by atoms with E-state index in [-0.39, 0.29) is 0 Å². The minimum Gasteiger partial charge on any atom is -0.368 e. The first-order chi connectivity index (χ1) is 7.84. The Balaban J connectivity index is 2.09. The van der Waals surface area contributed by atoms with Gasteiger partial charge in [0.2, 0.25) is 5.95 Å². The second kappa shape index (κ2) is 3.62. The molecular formula is C10H14N6. The number of H-pyrrole nitrogens is 1. The summed E-state index contributed by atoms with van der Waals surface area (Å²) in [6.07, 6.45) is 5.33. The molecule has 1 aliphatic rings. The fourth-order valence-electron chi connectivity index (χ4n) is 2.16. The van der Waals surface area contributed by atoms with Crippen molar-refractivity contribution >= 4 is 22.9 Å². The fraction of sp³-hybridized carbons (Fsp3) is 0.500. The second-order valence-corrected chi connectivity index (χ2v) is 4.05. The van der Waals surface area contributed by atoms with E-state index in [9.17, 15) is 0 Å². The zero-order valence-electron chi connectivity index (χ0n) is 8.98. The van der Waals surface area contributed by atoms with Gasteiger partial charge in [-0.3, -0.25) is 0 Å². The van der Waals surface area contributed by atoms with Crippen molar-refractivity contribution < 1.29 is 0 Å². The van der Waals surface area contributed by atoms with Crippen molar-refractivity contribution in [2.24, 2.45) is 0 Å².